The van der Waals surface area contributed by atoms with Crippen molar-refractivity contribution in [3.05, 3.63) is 56.0 Å². The van der Waals surface area contributed by atoms with Crippen LogP contribution in [0, 0.1) is 0 Å². The molecule has 0 amide bonds. The number of aryl methyl sites for hydroxylation is 2. The van der Waals surface area contributed by atoms with E-state index in [0.717, 1.165) is 46.8 Å². The lowest BCUT2D eigenvalue weighted by Gasteiger charge is -2.07. The minimum Gasteiger partial charge on any atom is -0.326 e. The van der Waals surface area contributed by atoms with E-state index in [2.05, 4.69) is 9.13 Å². The molecule has 8 heteroatoms. The van der Waals surface area contributed by atoms with Gasteiger partial charge in [0.1, 0.15) is 11.6 Å². The Hall–Kier alpha value is -1.46. The summed E-state index contributed by atoms with van der Waals surface area (Å²) in [5.41, 5.74) is 3.67. The van der Waals surface area contributed by atoms with E-state index in [-0.39, 0.29) is 0 Å². The number of imidazole rings is 2. The van der Waals surface area contributed by atoms with Crippen LogP contribution in [0.4, 0.5) is 0 Å². The average molecular weight is 412 g/mol. The molecule has 126 valence electrons. The molecule has 25 heavy (non-hydrogen) atoms. The predicted octanol–water partition coefficient (Wildman–Crippen LogP) is 5.60. The zero-order valence-electron chi connectivity index (χ0n) is 12.7. The van der Waals surface area contributed by atoms with E-state index < -0.39 is 0 Å². The van der Waals surface area contributed by atoms with Crippen LogP contribution in [0.1, 0.15) is 11.6 Å². The van der Waals surface area contributed by atoms with E-state index >= 15 is 0 Å². The lowest BCUT2D eigenvalue weighted by Crippen LogP contribution is -2.05. The molecule has 2 aromatic carbocycles. The van der Waals surface area contributed by atoms with Gasteiger partial charge in [0.15, 0.2) is 0 Å². The Morgan fingerprint density at radius 2 is 1.04 bits per heavy atom. The number of nitrogens with zero attached hydrogens (tertiary/aromatic N) is 4. The van der Waals surface area contributed by atoms with Gasteiger partial charge in [-0.3, -0.25) is 0 Å². The number of benzene rings is 2. The molecule has 2 aromatic heterocycles. The molecule has 0 saturated heterocycles. The molecule has 0 unspecified atom stereocenters. The largest absolute Gasteiger partial charge is 0.326 e. The first-order valence-electron chi connectivity index (χ1n) is 7.69. The fourth-order valence-electron chi connectivity index (χ4n) is 3.45. The third kappa shape index (κ3) is 2.36. The van der Waals surface area contributed by atoms with Gasteiger partial charge in [-0.1, -0.05) is 46.4 Å². The van der Waals surface area contributed by atoms with Gasteiger partial charge in [-0.2, -0.15) is 0 Å². The van der Waals surface area contributed by atoms with Gasteiger partial charge in [0, 0.05) is 13.1 Å². The van der Waals surface area contributed by atoms with E-state index in [1.165, 1.54) is 0 Å². The zero-order valence-corrected chi connectivity index (χ0v) is 15.8. The Labute approximate surface area is 162 Å². The summed E-state index contributed by atoms with van der Waals surface area (Å²) >= 11 is 24.6. The highest BCUT2D eigenvalue weighted by Gasteiger charge is 2.21. The van der Waals surface area contributed by atoms with Gasteiger partial charge in [-0.15, -0.1) is 0 Å². The third-order valence-corrected chi connectivity index (χ3v) is 6.05. The van der Waals surface area contributed by atoms with Gasteiger partial charge < -0.3 is 9.13 Å². The summed E-state index contributed by atoms with van der Waals surface area (Å²) < 4.78 is 4.35. The summed E-state index contributed by atoms with van der Waals surface area (Å²) in [6, 6.07) is 7.36. The summed E-state index contributed by atoms with van der Waals surface area (Å²) in [6.07, 6.45) is 0.619. The summed E-state index contributed by atoms with van der Waals surface area (Å²) in [5.74, 6) is 1.89. The maximum atomic E-state index is 6.19. The number of fused-ring (bicyclic) bond motifs is 6. The van der Waals surface area contributed by atoms with E-state index in [0.29, 0.717) is 26.5 Å². The highest BCUT2D eigenvalue weighted by atomic mass is 35.5. The molecule has 0 bridgehead atoms. The fraction of sp³-hybridized carbons (Fsp3) is 0.176. The fourth-order valence-corrected chi connectivity index (χ4v) is 4.08. The summed E-state index contributed by atoms with van der Waals surface area (Å²) in [5, 5.41) is 2.09. The van der Waals surface area contributed by atoms with E-state index in [9.17, 15) is 0 Å². The molecule has 0 spiro atoms. The van der Waals surface area contributed by atoms with Gasteiger partial charge in [-0.05, 0) is 24.3 Å². The SMILES string of the molecule is Clc1cc2nc3n(c2cc1Cl)CCn1c(nc2cc(Cl)c(Cl)cc21)C3. The number of hydrogen-bond donors (Lipinski definition) is 0. The van der Waals surface area contributed by atoms with Gasteiger partial charge in [0.2, 0.25) is 0 Å². The van der Waals surface area contributed by atoms with Crippen LogP contribution in [0.2, 0.25) is 20.1 Å². The monoisotopic (exact) mass is 410 g/mol. The highest BCUT2D eigenvalue weighted by molar-refractivity contribution is 6.43. The van der Waals surface area contributed by atoms with E-state index in [4.69, 9.17) is 56.4 Å². The first-order valence-corrected chi connectivity index (χ1v) is 9.21. The van der Waals surface area contributed by atoms with Crippen molar-refractivity contribution in [2.24, 2.45) is 0 Å². The van der Waals surface area contributed by atoms with Gasteiger partial charge >= 0.3 is 0 Å². The van der Waals surface area contributed by atoms with E-state index in [1.807, 2.05) is 24.3 Å². The van der Waals surface area contributed by atoms with Crippen LogP contribution < -0.4 is 0 Å². The van der Waals surface area contributed by atoms with E-state index in [1.54, 1.807) is 0 Å². The molecule has 1 aliphatic heterocycles. The molecule has 0 N–H and O–H groups in total. The Morgan fingerprint density at radius 3 is 1.48 bits per heavy atom. The van der Waals surface area contributed by atoms with Crippen LogP contribution in [-0.4, -0.2) is 19.1 Å². The van der Waals surface area contributed by atoms with Crippen molar-refractivity contribution >= 4 is 68.5 Å². The van der Waals surface area contributed by atoms with Crippen LogP contribution in [0.5, 0.6) is 0 Å². The number of hydrogen-bond acceptors (Lipinski definition) is 2. The summed E-state index contributed by atoms with van der Waals surface area (Å²) in [6.45, 7) is 1.53. The average Bonchev–Trinajstić information content (AvgIpc) is 2.98. The number of halogens is 4. The third-order valence-electron chi connectivity index (χ3n) is 4.60. The van der Waals surface area contributed by atoms with Crippen LogP contribution >= 0.6 is 46.4 Å². The first kappa shape index (κ1) is 15.8. The normalized spacial score (nSPS) is 13.9. The molecule has 0 saturated carbocycles. The maximum Gasteiger partial charge on any atom is 0.117 e. The summed E-state index contributed by atoms with van der Waals surface area (Å²) in [7, 11) is 0. The second-order valence-electron chi connectivity index (χ2n) is 6.05. The minimum atomic E-state index is 0.513. The maximum absolute atomic E-state index is 6.19. The molecule has 1 aliphatic rings. The molecule has 3 heterocycles. The Balaban J connectivity index is 1.70. The Bertz CT molecular complexity index is 1080. The zero-order chi connectivity index (χ0) is 17.3. The molecule has 4 nitrogen and oxygen atoms in total. The molecular formula is C17H10Cl4N4. The molecular weight excluding hydrogens is 402 g/mol. The van der Waals surface area contributed by atoms with Gasteiger partial charge in [0.25, 0.3) is 0 Å². The number of aromatic nitrogens is 4. The van der Waals surface area contributed by atoms with Gasteiger partial charge in [0.05, 0.1) is 48.6 Å². The minimum absolute atomic E-state index is 0.513. The smallest absolute Gasteiger partial charge is 0.117 e. The second kappa shape index (κ2) is 5.52. The second-order valence-corrected chi connectivity index (χ2v) is 7.67. The highest BCUT2D eigenvalue weighted by Crippen LogP contribution is 2.32. The van der Waals surface area contributed by atoms with Crippen LogP contribution in [0.25, 0.3) is 22.1 Å². The van der Waals surface area contributed by atoms with Gasteiger partial charge in [-0.25, -0.2) is 9.97 Å². The first-order chi connectivity index (χ1) is 12.0. The predicted molar refractivity (Wildman–Crippen MR) is 102 cm³/mol. The molecule has 0 radical (unpaired) electrons. The Morgan fingerprint density at radius 1 is 0.640 bits per heavy atom. The number of rotatable bonds is 0. The van der Waals surface area contributed by atoms with Crippen molar-refractivity contribution in [1.29, 1.82) is 0 Å². The standard InChI is InChI=1S/C17H10Cl4N4/c18-8-3-12-14(5-10(8)20)24-1-2-25-15-6-11(21)9(19)4-13(15)23-17(25)7-16(24)22-12/h3-6H,1-2,7H2. The van der Waals surface area contributed by atoms with Crippen molar-refractivity contribution in [3.8, 4) is 0 Å². The van der Waals surface area contributed by atoms with Crippen molar-refractivity contribution in [3.63, 3.8) is 0 Å². The van der Waals surface area contributed by atoms with Crippen LogP contribution in [-0.2, 0) is 19.5 Å². The molecule has 0 fully saturated rings. The van der Waals surface area contributed by atoms with Crippen molar-refractivity contribution < 1.29 is 0 Å². The quantitative estimate of drug-likeness (QED) is 0.377. The Kier molecular flexibility index (Phi) is 3.48. The van der Waals surface area contributed by atoms with Crippen molar-refractivity contribution in [1.82, 2.24) is 19.1 Å². The lowest BCUT2D eigenvalue weighted by atomic mass is 10.3. The summed E-state index contributed by atoms with van der Waals surface area (Å²) in [4.78, 5) is 9.47. The van der Waals surface area contributed by atoms with Crippen molar-refractivity contribution in [2.75, 3.05) is 0 Å². The van der Waals surface area contributed by atoms with Crippen LogP contribution in [0.15, 0.2) is 24.3 Å². The lowest BCUT2D eigenvalue weighted by molar-refractivity contribution is 0.607. The molecule has 4 aromatic rings. The topological polar surface area (TPSA) is 35.6 Å². The van der Waals surface area contributed by atoms with Crippen molar-refractivity contribution in [2.45, 2.75) is 19.5 Å². The molecule has 0 atom stereocenters. The van der Waals surface area contributed by atoms with Crippen LogP contribution in [0.3, 0.4) is 0 Å². The molecule has 5 rings (SSSR count). The molecule has 0 aliphatic carbocycles.